The smallest absolute Gasteiger partial charge is 0.231 e. The number of Topliss-reactive ketones (excluding diaryl/α,β-unsaturated/α-hetero) is 1. The number of carbonyl (C=O) groups excluding carboxylic acids is 2. The number of nitrogens with zero attached hydrogens (tertiary/aromatic N) is 1. The minimum Gasteiger partial charge on any atom is -0.312 e. The fourth-order valence-electron chi connectivity index (χ4n) is 3.48. The summed E-state index contributed by atoms with van der Waals surface area (Å²) in [6.07, 6.45) is 6.08. The molecule has 1 fully saturated rings. The molecule has 1 saturated carbocycles. The maximum absolute atomic E-state index is 12.5. The van der Waals surface area contributed by atoms with Crippen molar-refractivity contribution in [1.82, 2.24) is 0 Å². The topological polar surface area (TPSA) is 37.4 Å². The molecule has 3 nitrogen and oxygen atoms in total. The lowest BCUT2D eigenvalue weighted by Crippen LogP contribution is -2.25. The molecule has 3 rings (SSSR count). The average molecular weight is 271 g/mol. The van der Waals surface area contributed by atoms with Crippen molar-refractivity contribution >= 4 is 17.4 Å². The number of rotatable bonds is 3. The van der Waals surface area contributed by atoms with Gasteiger partial charge in [-0.2, -0.15) is 0 Å². The highest BCUT2D eigenvalue weighted by atomic mass is 16.2. The summed E-state index contributed by atoms with van der Waals surface area (Å²) >= 11 is 0. The molecule has 1 aliphatic carbocycles. The highest BCUT2D eigenvalue weighted by Gasteiger charge is 2.28. The summed E-state index contributed by atoms with van der Waals surface area (Å²) in [6, 6.07) is 5.79. The Balaban J connectivity index is 1.84. The predicted octanol–water partition coefficient (Wildman–Crippen LogP) is 3.36. The second-order valence-electron chi connectivity index (χ2n) is 5.86. The normalized spacial score (nSPS) is 19.2. The first kappa shape index (κ1) is 13.3. The van der Waals surface area contributed by atoms with Crippen LogP contribution in [0, 0.1) is 5.92 Å². The molecule has 0 bridgehead atoms. The Bertz CT molecular complexity index is 544. The number of hydrogen-bond donors (Lipinski definition) is 0. The number of benzene rings is 1. The van der Waals surface area contributed by atoms with Gasteiger partial charge in [0.2, 0.25) is 5.91 Å². The molecule has 1 aromatic rings. The molecule has 0 saturated heterocycles. The summed E-state index contributed by atoms with van der Waals surface area (Å²) in [6.45, 7) is 2.68. The molecule has 0 spiro atoms. The second kappa shape index (κ2) is 5.39. The van der Waals surface area contributed by atoms with E-state index in [9.17, 15) is 9.59 Å². The quantitative estimate of drug-likeness (QED) is 0.790. The van der Waals surface area contributed by atoms with Gasteiger partial charge in [0, 0.05) is 23.7 Å². The van der Waals surface area contributed by atoms with Crippen molar-refractivity contribution in [3.8, 4) is 0 Å². The van der Waals surface area contributed by atoms with Crippen molar-refractivity contribution in [2.75, 3.05) is 11.4 Å². The van der Waals surface area contributed by atoms with Crippen molar-refractivity contribution in [3.05, 3.63) is 29.3 Å². The summed E-state index contributed by atoms with van der Waals surface area (Å²) in [5.41, 5.74) is 2.79. The Morgan fingerprint density at radius 1 is 1.25 bits per heavy atom. The first-order valence-electron chi connectivity index (χ1n) is 7.68. The molecule has 0 aromatic heterocycles. The van der Waals surface area contributed by atoms with E-state index < -0.39 is 0 Å². The molecule has 106 valence electrons. The van der Waals surface area contributed by atoms with E-state index in [1.165, 1.54) is 19.3 Å². The van der Waals surface area contributed by atoms with Gasteiger partial charge in [-0.3, -0.25) is 9.59 Å². The lowest BCUT2D eigenvalue weighted by atomic mass is 9.83. The predicted molar refractivity (Wildman–Crippen MR) is 79.1 cm³/mol. The summed E-state index contributed by atoms with van der Waals surface area (Å²) in [4.78, 5) is 26.2. The summed E-state index contributed by atoms with van der Waals surface area (Å²) in [5.74, 6) is 0.612. The number of hydrogen-bond acceptors (Lipinski definition) is 2. The molecule has 20 heavy (non-hydrogen) atoms. The largest absolute Gasteiger partial charge is 0.312 e. The Morgan fingerprint density at radius 2 is 2.00 bits per heavy atom. The van der Waals surface area contributed by atoms with Gasteiger partial charge >= 0.3 is 0 Å². The highest BCUT2D eigenvalue weighted by molar-refractivity contribution is 6.04. The molecule has 1 heterocycles. The van der Waals surface area contributed by atoms with Crippen LogP contribution < -0.4 is 4.90 Å². The minimum atomic E-state index is 0.143. The number of ketones is 1. The van der Waals surface area contributed by atoms with Gasteiger partial charge < -0.3 is 4.90 Å². The van der Waals surface area contributed by atoms with Gasteiger partial charge in [0.15, 0.2) is 5.78 Å². The van der Waals surface area contributed by atoms with Crippen LogP contribution in [-0.4, -0.2) is 18.2 Å². The molecule has 0 radical (unpaired) electrons. The third-order valence-electron chi connectivity index (χ3n) is 4.59. The molecular weight excluding hydrogens is 250 g/mol. The Morgan fingerprint density at radius 3 is 2.70 bits per heavy atom. The van der Waals surface area contributed by atoms with Gasteiger partial charge in [-0.25, -0.2) is 0 Å². The second-order valence-corrected chi connectivity index (χ2v) is 5.86. The van der Waals surface area contributed by atoms with Crippen molar-refractivity contribution < 1.29 is 9.59 Å². The zero-order valence-corrected chi connectivity index (χ0v) is 12.0. The molecule has 0 unspecified atom stereocenters. The van der Waals surface area contributed by atoms with Crippen LogP contribution in [0.15, 0.2) is 18.2 Å². The summed E-state index contributed by atoms with van der Waals surface area (Å²) < 4.78 is 0. The van der Waals surface area contributed by atoms with Crippen LogP contribution in [0.3, 0.4) is 0 Å². The van der Waals surface area contributed by atoms with E-state index in [0.29, 0.717) is 13.0 Å². The zero-order valence-electron chi connectivity index (χ0n) is 12.0. The molecule has 0 atom stereocenters. The molecule has 2 aliphatic rings. The fourth-order valence-corrected chi connectivity index (χ4v) is 3.48. The van der Waals surface area contributed by atoms with Crippen molar-refractivity contribution in [2.24, 2.45) is 5.92 Å². The zero-order chi connectivity index (χ0) is 14.1. The van der Waals surface area contributed by atoms with Gasteiger partial charge in [0.25, 0.3) is 0 Å². The van der Waals surface area contributed by atoms with E-state index in [1.807, 2.05) is 25.1 Å². The lowest BCUT2D eigenvalue weighted by Gasteiger charge is -2.20. The first-order chi connectivity index (χ1) is 9.70. The van der Waals surface area contributed by atoms with E-state index in [2.05, 4.69) is 0 Å². The van der Waals surface area contributed by atoms with E-state index in [-0.39, 0.29) is 17.6 Å². The summed E-state index contributed by atoms with van der Waals surface area (Å²) in [7, 11) is 0. The third-order valence-corrected chi connectivity index (χ3v) is 4.59. The maximum Gasteiger partial charge on any atom is 0.231 e. The van der Waals surface area contributed by atoms with Crippen molar-refractivity contribution in [1.29, 1.82) is 0 Å². The standard InChI is InChI=1S/C17H21NO2/c1-2-18-15-9-8-13(10-14(15)11-16(18)19)17(20)12-6-4-3-5-7-12/h8-10,12H,2-7,11H2,1H3. The van der Waals surface area contributed by atoms with Gasteiger partial charge in [-0.05, 0) is 43.5 Å². The van der Waals surface area contributed by atoms with Crippen LogP contribution in [0.4, 0.5) is 5.69 Å². The van der Waals surface area contributed by atoms with Gasteiger partial charge in [-0.1, -0.05) is 19.3 Å². The van der Waals surface area contributed by atoms with Crippen molar-refractivity contribution in [2.45, 2.75) is 45.4 Å². The average Bonchev–Trinajstić information content (AvgIpc) is 2.81. The minimum absolute atomic E-state index is 0.143. The number of anilines is 1. The third kappa shape index (κ3) is 2.26. The van der Waals surface area contributed by atoms with E-state index >= 15 is 0 Å². The SMILES string of the molecule is CCN1C(=O)Cc2cc(C(=O)C3CCCCC3)ccc21. The number of likely N-dealkylation sites (N-methyl/N-ethyl adjacent to an activating group) is 1. The van der Waals surface area contributed by atoms with E-state index in [4.69, 9.17) is 0 Å². The van der Waals surface area contributed by atoms with Gasteiger partial charge in [0.1, 0.15) is 0 Å². The maximum atomic E-state index is 12.5. The molecular formula is C17H21NO2. The molecule has 1 aliphatic heterocycles. The molecule has 1 aromatic carbocycles. The summed E-state index contributed by atoms with van der Waals surface area (Å²) in [5, 5.41) is 0. The van der Waals surface area contributed by atoms with Crippen LogP contribution in [0.25, 0.3) is 0 Å². The van der Waals surface area contributed by atoms with Crippen LogP contribution >= 0.6 is 0 Å². The number of amides is 1. The van der Waals surface area contributed by atoms with Crippen LogP contribution in [-0.2, 0) is 11.2 Å². The van der Waals surface area contributed by atoms with E-state index in [0.717, 1.165) is 29.7 Å². The Hall–Kier alpha value is -1.64. The van der Waals surface area contributed by atoms with Crippen LogP contribution in [0.5, 0.6) is 0 Å². The molecule has 3 heteroatoms. The van der Waals surface area contributed by atoms with Gasteiger partial charge in [0.05, 0.1) is 6.42 Å². The fraction of sp³-hybridized carbons (Fsp3) is 0.529. The lowest BCUT2D eigenvalue weighted by molar-refractivity contribution is -0.117. The van der Waals surface area contributed by atoms with E-state index in [1.54, 1.807) is 4.90 Å². The van der Waals surface area contributed by atoms with Crippen LogP contribution in [0.2, 0.25) is 0 Å². The number of fused-ring (bicyclic) bond motifs is 1. The molecule has 1 amide bonds. The Kier molecular flexibility index (Phi) is 3.60. The van der Waals surface area contributed by atoms with Gasteiger partial charge in [-0.15, -0.1) is 0 Å². The van der Waals surface area contributed by atoms with Crippen molar-refractivity contribution in [3.63, 3.8) is 0 Å². The molecule has 0 N–H and O–H groups in total. The Labute approximate surface area is 120 Å². The monoisotopic (exact) mass is 271 g/mol. The highest BCUT2D eigenvalue weighted by Crippen LogP contribution is 2.32. The first-order valence-corrected chi connectivity index (χ1v) is 7.68. The van der Waals surface area contributed by atoms with Crippen LogP contribution in [0.1, 0.15) is 54.9 Å². The number of carbonyl (C=O) groups is 2.